The molecule has 2 aromatic rings. The first-order valence-corrected chi connectivity index (χ1v) is 5.18. The van der Waals surface area contributed by atoms with Gasteiger partial charge in [-0.25, -0.2) is 4.98 Å². The second kappa shape index (κ2) is 3.75. The van der Waals surface area contributed by atoms with E-state index in [1.54, 1.807) is 17.5 Å². The molecule has 0 unspecified atom stereocenters. The number of hydrogen-bond donors (Lipinski definition) is 1. The molecule has 14 heavy (non-hydrogen) atoms. The molecule has 2 rings (SSSR count). The van der Waals surface area contributed by atoms with Crippen molar-refractivity contribution in [1.29, 1.82) is 0 Å². The third-order valence-corrected chi connectivity index (χ3v) is 3.16. The number of pyridine rings is 1. The van der Waals surface area contributed by atoms with E-state index >= 15 is 0 Å². The Morgan fingerprint density at radius 2 is 2.29 bits per heavy atom. The van der Waals surface area contributed by atoms with Crippen LogP contribution in [0, 0.1) is 6.92 Å². The number of rotatable bonds is 2. The van der Waals surface area contributed by atoms with Crippen LogP contribution in [0.2, 0.25) is 0 Å². The van der Waals surface area contributed by atoms with Crippen molar-refractivity contribution in [3.8, 4) is 10.6 Å². The zero-order valence-electron chi connectivity index (χ0n) is 8.11. The van der Waals surface area contributed by atoms with Gasteiger partial charge in [0.1, 0.15) is 10.0 Å². The van der Waals surface area contributed by atoms with Gasteiger partial charge in [0.2, 0.25) is 0 Å². The third-order valence-electron chi connectivity index (χ3n) is 1.93. The second-order valence-corrected chi connectivity index (χ2v) is 3.92. The molecule has 3 nitrogen and oxygen atoms in total. The molecule has 0 aliphatic heterocycles. The molecular formula is C10H11N3S. The van der Waals surface area contributed by atoms with E-state index < -0.39 is 0 Å². The predicted octanol–water partition coefficient (Wildman–Crippen LogP) is 2.56. The van der Waals surface area contributed by atoms with Crippen LogP contribution < -0.4 is 5.32 Å². The highest BCUT2D eigenvalue weighted by atomic mass is 32.1. The van der Waals surface area contributed by atoms with E-state index in [2.05, 4.69) is 15.3 Å². The van der Waals surface area contributed by atoms with E-state index in [9.17, 15) is 0 Å². The van der Waals surface area contributed by atoms with Gasteiger partial charge in [-0.1, -0.05) is 11.3 Å². The minimum absolute atomic E-state index is 1.01. The summed E-state index contributed by atoms with van der Waals surface area (Å²) in [4.78, 5) is 8.54. The Morgan fingerprint density at radius 1 is 1.43 bits per heavy atom. The lowest BCUT2D eigenvalue weighted by molar-refractivity contribution is 1.25. The summed E-state index contributed by atoms with van der Waals surface area (Å²) in [7, 11) is 1.91. The molecule has 0 saturated carbocycles. The van der Waals surface area contributed by atoms with Crippen LogP contribution in [0.1, 0.15) is 5.69 Å². The Hall–Kier alpha value is -1.42. The molecule has 0 aromatic carbocycles. The van der Waals surface area contributed by atoms with E-state index in [1.807, 2.05) is 32.3 Å². The highest BCUT2D eigenvalue weighted by Crippen LogP contribution is 2.30. The quantitative estimate of drug-likeness (QED) is 0.818. The van der Waals surface area contributed by atoms with Crippen molar-refractivity contribution in [3.63, 3.8) is 0 Å². The van der Waals surface area contributed by atoms with Gasteiger partial charge in [-0.05, 0) is 19.1 Å². The van der Waals surface area contributed by atoms with E-state index in [0.717, 1.165) is 21.3 Å². The zero-order valence-corrected chi connectivity index (χ0v) is 8.93. The Morgan fingerprint density at radius 3 is 2.86 bits per heavy atom. The smallest absolute Gasteiger partial charge is 0.127 e. The number of thiazole rings is 1. The maximum absolute atomic E-state index is 4.47. The van der Waals surface area contributed by atoms with Gasteiger partial charge >= 0.3 is 0 Å². The Bertz CT molecular complexity index is 422. The maximum Gasteiger partial charge on any atom is 0.127 e. The molecule has 2 heterocycles. The summed E-state index contributed by atoms with van der Waals surface area (Å²) in [5.74, 6) is 0. The van der Waals surface area contributed by atoms with Crippen LogP contribution in [0.4, 0.5) is 5.00 Å². The fourth-order valence-electron chi connectivity index (χ4n) is 1.24. The average Bonchev–Trinajstić information content (AvgIpc) is 2.61. The molecule has 0 spiro atoms. The zero-order chi connectivity index (χ0) is 9.97. The lowest BCUT2D eigenvalue weighted by Gasteiger charge is -1.92. The van der Waals surface area contributed by atoms with Gasteiger partial charge in [-0.2, -0.15) is 0 Å². The summed E-state index contributed by atoms with van der Waals surface area (Å²) < 4.78 is 0. The predicted molar refractivity (Wildman–Crippen MR) is 59.6 cm³/mol. The Labute approximate surface area is 86.8 Å². The molecule has 0 aliphatic carbocycles. The largest absolute Gasteiger partial charge is 0.378 e. The Balaban J connectivity index is 2.43. The van der Waals surface area contributed by atoms with Gasteiger partial charge in [0.05, 0.1) is 5.69 Å². The highest BCUT2D eigenvalue weighted by molar-refractivity contribution is 7.19. The van der Waals surface area contributed by atoms with E-state index in [0.29, 0.717) is 0 Å². The van der Waals surface area contributed by atoms with Crippen LogP contribution in [0.15, 0.2) is 24.5 Å². The lowest BCUT2D eigenvalue weighted by atomic mass is 10.3. The maximum atomic E-state index is 4.47. The van der Waals surface area contributed by atoms with E-state index in [1.165, 1.54) is 0 Å². The monoisotopic (exact) mass is 205 g/mol. The van der Waals surface area contributed by atoms with Crippen LogP contribution in [-0.4, -0.2) is 17.0 Å². The number of nitrogens with one attached hydrogen (secondary N) is 1. The van der Waals surface area contributed by atoms with Gasteiger partial charge < -0.3 is 5.32 Å². The molecule has 0 aliphatic rings. The topological polar surface area (TPSA) is 37.8 Å². The van der Waals surface area contributed by atoms with Crippen molar-refractivity contribution in [2.75, 3.05) is 12.4 Å². The van der Waals surface area contributed by atoms with Gasteiger partial charge in [0, 0.05) is 25.0 Å². The van der Waals surface area contributed by atoms with Crippen molar-refractivity contribution in [2.45, 2.75) is 6.92 Å². The average molecular weight is 205 g/mol. The van der Waals surface area contributed by atoms with E-state index in [4.69, 9.17) is 0 Å². The molecule has 4 heteroatoms. The summed E-state index contributed by atoms with van der Waals surface area (Å²) in [6.07, 6.45) is 3.60. The van der Waals surface area contributed by atoms with Crippen LogP contribution >= 0.6 is 11.3 Å². The first kappa shape index (κ1) is 9.15. The van der Waals surface area contributed by atoms with Crippen LogP contribution in [-0.2, 0) is 0 Å². The normalized spacial score (nSPS) is 10.1. The first-order chi connectivity index (χ1) is 6.81. The summed E-state index contributed by atoms with van der Waals surface area (Å²) in [5, 5.41) is 5.25. The molecule has 0 saturated heterocycles. The van der Waals surface area contributed by atoms with Crippen molar-refractivity contribution >= 4 is 16.3 Å². The van der Waals surface area contributed by atoms with Gasteiger partial charge in [0.25, 0.3) is 0 Å². The molecule has 0 atom stereocenters. The van der Waals surface area contributed by atoms with Crippen LogP contribution in [0.3, 0.4) is 0 Å². The molecule has 0 fully saturated rings. The number of aryl methyl sites for hydroxylation is 1. The summed E-state index contributed by atoms with van der Waals surface area (Å²) in [6, 6.07) is 3.94. The van der Waals surface area contributed by atoms with Crippen molar-refractivity contribution in [1.82, 2.24) is 9.97 Å². The lowest BCUT2D eigenvalue weighted by Crippen LogP contribution is -1.85. The van der Waals surface area contributed by atoms with Crippen LogP contribution in [0.5, 0.6) is 0 Å². The summed E-state index contributed by atoms with van der Waals surface area (Å²) in [6.45, 7) is 2.00. The number of aromatic nitrogens is 2. The van der Waals surface area contributed by atoms with Crippen LogP contribution in [0.25, 0.3) is 10.6 Å². The van der Waals surface area contributed by atoms with Crippen molar-refractivity contribution in [3.05, 3.63) is 30.2 Å². The van der Waals surface area contributed by atoms with Crippen molar-refractivity contribution < 1.29 is 0 Å². The van der Waals surface area contributed by atoms with Gasteiger partial charge in [-0.3, -0.25) is 4.98 Å². The number of hydrogen-bond acceptors (Lipinski definition) is 4. The van der Waals surface area contributed by atoms with Gasteiger partial charge in [-0.15, -0.1) is 0 Å². The standard InChI is InChI=1S/C10H11N3S/c1-7-9(11-2)14-10(13-7)8-4-3-5-12-6-8/h3-6,11H,1-2H3. The SMILES string of the molecule is CNc1sc(-c2cccnc2)nc1C. The minimum atomic E-state index is 1.01. The summed E-state index contributed by atoms with van der Waals surface area (Å²) in [5.41, 5.74) is 2.11. The summed E-state index contributed by atoms with van der Waals surface area (Å²) >= 11 is 1.65. The van der Waals surface area contributed by atoms with Crippen molar-refractivity contribution in [2.24, 2.45) is 0 Å². The fraction of sp³-hybridized carbons (Fsp3) is 0.200. The molecule has 72 valence electrons. The van der Waals surface area contributed by atoms with E-state index in [-0.39, 0.29) is 0 Å². The molecule has 1 N–H and O–H groups in total. The fourth-order valence-corrected chi connectivity index (χ4v) is 2.15. The molecule has 0 amide bonds. The first-order valence-electron chi connectivity index (χ1n) is 4.37. The highest BCUT2D eigenvalue weighted by Gasteiger charge is 2.07. The molecule has 0 radical (unpaired) electrons. The number of nitrogens with zero attached hydrogens (tertiary/aromatic N) is 2. The molecular weight excluding hydrogens is 194 g/mol. The third kappa shape index (κ3) is 1.61. The Kier molecular flexibility index (Phi) is 2.45. The number of anilines is 1. The molecule has 0 bridgehead atoms. The minimum Gasteiger partial charge on any atom is -0.378 e. The van der Waals surface area contributed by atoms with Gasteiger partial charge in [0.15, 0.2) is 0 Å². The second-order valence-electron chi connectivity index (χ2n) is 2.93. The molecule has 2 aromatic heterocycles.